The average Bonchev–Trinajstić information content (AvgIpc) is 1.76. The summed E-state index contributed by atoms with van der Waals surface area (Å²) in [6.07, 6.45) is 2.74. The summed E-state index contributed by atoms with van der Waals surface area (Å²) in [5.74, 6) is 0. The van der Waals surface area contributed by atoms with Crippen LogP contribution in [0.1, 0.15) is 6.42 Å². The van der Waals surface area contributed by atoms with E-state index in [9.17, 15) is 0 Å². The number of hydrogen-bond donors (Lipinski definition) is 0. The van der Waals surface area contributed by atoms with Gasteiger partial charge in [0, 0.05) is 0 Å². The van der Waals surface area contributed by atoms with Crippen LogP contribution in [0.2, 0.25) is 6.32 Å². The molecule has 1 rings (SSSR count). The highest BCUT2D eigenvalue weighted by molar-refractivity contribution is 6.27. The zero-order valence-corrected chi connectivity index (χ0v) is 3.53. The molecule has 0 atom stereocenters. The van der Waals surface area contributed by atoms with Gasteiger partial charge in [0.2, 0.25) is 0 Å². The fourth-order valence-electron chi connectivity index (χ4n) is 0.722. The van der Waals surface area contributed by atoms with E-state index in [1.165, 1.54) is 12.7 Å². The zero-order chi connectivity index (χ0) is 3.54. The Bertz CT molecular complexity index is 18.5. The SMILES string of the molecule is [BH2-]1CCCO1. The van der Waals surface area contributed by atoms with Crippen LogP contribution < -0.4 is 0 Å². The van der Waals surface area contributed by atoms with Crippen molar-refractivity contribution >= 4 is 7.48 Å². The maximum Gasteiger partial charge on any atom is 0.0838 e. The maximum absolute atomic E-state index is 5.07. The monoisotopic (exact) mass is 71.1 g/mol. The summed E-state index contributed by atoms with van der Waals surface area (Å²) in [5.41, 5.74) is 0. The first-order valence-corrected chi connectivity index (χ1v) is 2.40. The third kappa shape index (κ3) is 0.654. The molecule has 5 heavy (non-hydrogen) atoms. The first kappa shape index (κ1) is 3.22. The fourth-order valence-corrected chi connectivity index (χ4v) is 0.722. The first-order chi connectivity index (χ1) is 2.50. The summed E-state index contributed by atoms with van der Waals surface area (Å²) in [5, 5.41) is 0. The molecular formula is C3H8BO-. The van der Waals surface area contributed by atoms with Crippen LogP contribution in [0, 0.1) is 0 Å². The van der Waals surface area contributed by atoms with Crippen molar-refractivity contribution in [3.05, 3.63) is 0 Å². The molecule has 0 radical (unpaired) electrons. The number of rotatable bonds is 0. The lowest BCUT2D eigenvalue weighted by molar-refractivity contribution is 0.374. The Morgan fingerprint density at radius 3 is 2.80 bits per heavy atom. The smallest absolute Gasteiger partial charge is 0.0838 e. The molecule has 0 aromatic rings. The Labute approximate surface area is 32.6 Å². The van der Waals surface area contributed by atoms with E-state index in [1.807, 2.05) is 0 Å². The normalized spacial score (nSPS) is 24.0. The van der Waals surface area contributed by atoms with E-state index in [0.29, 0.717) is 0 Å². The lowest BCUT2D eigenvalue weighted by Gasteiger charge is -1.88. The minimum absolute atomic E-state index is 0.139. The molecule has 0 aromatic heterocycles. The molecule has 0 aliphatic carbocycles. The van der Waals surface area contributed by atoms with E-state index < -0.39 is 0 Å². The Morgan fingerprint density at radius 1 is 1.60 bits per heavy atom. The Balaban J connectivity index is 2.08. The van der Waals surface area contributed by atoms with Gasteiger partial charge in [0.15, 0.2) is 0 Å². The molecule has 0 N–H and O–H groups in total. The predicted molar refractivity (Wildman–Crippen MR) is 23.9 cm³/mol. The molecule has 30 valence electrons. The van der Waals surface area contributed by atoms with Crippen LogP contribution in [0.3, 0.4) is 0 Å². The highest BCUT2D eigenvalue weighted by Crippen LogP contribution is 1.97. The van der Waals surface area contributed by atoms with Crippen LogP contribution in [0.25, 0.3) is 0 Å². The quantitative estimate of drug-likeness (QED) is 0.362. The maximum atomic E-state index is 5.07. The minimum atomic E-state index is 0.139. The van der Waals surface area contributed by atoms with E-state index in [-0.39, 0.29) is 7.48 Å². The van der Waals surface area contributed by atoms with Gasteiger partial charge in [-0.1, -0.05) is 6.42 Å². The lowest BCUT2D eigenvalue weighted by atomic mass is 9.98. The summed E-state index contributed by atoms with van der Waals surface area (Å²) in [6, 6.07) is 0. The van der Waals surface area contributed by atoms with Crippen molar-refractivity contribution in [3.63, 3.8) is 0 Å². The van der Waals surface area contributed by atoms with Crippen LogP contribution in [-0.2, 0) is 4.65 Å². The van der Waals surface area contributed by atoms with Crippen molar-refractivity contribution in [2.75, 3.05) is 6.61 Å². The van der Waals surface area contributed by atoms with Crippen LogP contribution in [0.15, 0.2) is 0 Å². The number of hydrogen-bond acceptors (Lipinski definition) is 1. The fraction of sp³-hybridized carbons (Fsp3) is 1.00. The van der Waals surface area contributed by atoms with Gasteiger partial charge in [-0.15, -0.1) is 0 Å². The van der Waals surface area contributed by atoms with Crippen LogP contribution in [-0.4, -0.2) is 14.1 Å². The molecule has 0 amide bonds. The molecule has 0 unspecified atom stereocenters. The minimum Gasteiger partial charge on any atom is -0.596 e. The Kier molecular flexibility index (Phi) is 0.940. The molecule has 1 aliphatic rings. The van der Waals surface area contributed by atoms with Crippen molar-refractivity contribution in [3.8, 4) is 0 Å². The largest absolute Gasteiger partial charge is 0.596 e. The van der Waals surface area contributed by atoms with Crippen LogP contribution in [0.5, 0.6) is 0 Å². The average molecular weight is 70.9 g/mol. The summed E-state index contributed by atoms with van der Waals surface area (Å²) in [4.78, 5) is 0. The second kappa shape index (κ2) is 1.46. The van der Waals surface area contributed by atoms with E-state index in [4.69, 9.17) is 4.65 Å². The van der Waals surface area contributed by atoms with E-state index >= 15 is 0 Å². The van der Waals surface area contributed by atoms with Crippen molar-refractivity contribution in [2.24, 2.45) is 0 Å². The molecule has 1 fully saturated rings. The van der Waals surface area contributed by atoms with E-state index in [0.717, 1.165) is 6.61 Å². The summed E-state index contributed by atoms with van der Waals surface area (Å²) in [6.45, 7) is 1.06. The van der Waals surface area contributed by atoms with Crippen molar-refractivity contribution in [1.82, 2.24) is 0 Å². The van der Waals surface area contributed by atoms with E-state index in [2.05, 4.69) is 0 Å². The second-order valence-corrected chi connectivity index (χ2v) is 1.64. The molecule has 0 spiro atoms. The second-order valence-electron chi connectivity index (χ2n) is 1.64. The standard InChI is InChI=1S/C3H8BO/c1-2-4-5-3-1/h1-4H2/q-1. The lowest BCUT2D eigenvalue weighted by Crippen LogP contribution is -1.80. The van der Waals surface area contributed by atoms with Crippen LogP contribution >= 0.6 is 0 Å². The Hall–Kier alpha value is 0.0249. The highest BCUT2D eigenvalue weighted by atomic mass is 16.4. The van der Waals surface area contributed by atoms with Crippen LogP contribution in [0.4, 0.5) is 0 Å². The molecule has 0 aromatic carbocycles. The van der Waals surface area contributed by atoms with Gasteiger partial charge in [-0.2, -0.15) is 6.32 Å². The van der Waals surface area contributed by atoms with Gasteiger partial charge < -0.3 is 4.65 Å². The molecule has 0 bridgehead atoms. The van der Waals surface area contributed by atoms with Crippen molar-refractivity contribution in [1.29, 1.82) is 0 Å². The van der Waals surface area contributed by atoms with Gasteiger partial charge in [0.05, 0.1) is 7.48 Å². The third-order valence-corrected chi connectivity index (χ3v) is 1.11. The predicted octanol–water partition coefficient (Wildman–Crippen LogP) is -0.0912. The molecular weight excluding hydrogens is 62.8 g/mol. The Morgan fingerprint density at radius 2 is 2.60 bits per heavy atom. The summed E-state index contributed by atoms with van der Waals surface area (Å²) >= 11 is 0. The van der Waals surface area contributed by atoms with Gasteiger partial charge in [0.25, 0.3) is 0 Å². The van der Waals surface area contributed by atoms with Gasteiger partial charge in [-0.05, 0) is 6.61 Å². The van der Waals surface area contributed by atoms with Gasteiger partial charge >= 0.3 is 0 Å². The molecule has 1 saturated heterocycles. The molecule has 2 heteroatoms. The molecule has 1 aliphatic heterocycles. The third-order valence-electron chi connectivity index (χ3n) is 1.11. The highest BCUT2D eigenvalue weighted by Gasteiger charge is 1.87. The van der Waals surface area contributed by atoms with Gasteiger partial charge in [0.1, 0.15) is 0 Å². The topological polar surface area (TPSA) is 9.23 Å². The van der Waals surface area contributed by atoms with Crippen molar-refractivity contribution < 1.29 is 4.65 Å². The molecule has 1 nitrogen and oxygen atoms in total. The first-order valence-electron chi connectivity index (χ1n) is 2.40. The van der Waals surface area contributed by atoms with Gasteiger partial charge in [-0.25, -0.2) is 0 Å². The van der Waals surface area contributed by atoms with E-state index in [1.54, 1.807) is 0 Å². The molecule has 0 saturated carbocycles. The van der Waals surface area contributed by atoms with Gasteiger partial charge in [-0.3, -0.25) is 0 Å². The zero-order valence-electron chi connectivity index (χ0n) is 3.53. The molecule has 1 heterocycles. The van der Waals surface area contributed by atoms with Crippen molar-refractivity contribution in [2.45, 2.75) is 12.7 Å². The summed E-state index contributed by atoms with van der Waals surface area (Å²) in [7, 11) is 0.139. The summed E-state index contributed by atoms with van der Waals surface area (Å²) < 4.78 is 5.07.